The van der Waals surface area contributed by atoms with Crippen LogP contribution in [0.2, 0.25) is 0 Å². The fourth-order valence-corrected chi connectivity index (χ4v) is 5.18. The van der Waals surface area contributed by atoms with Crippen molar-refractivity contribution in [3.05, 3.63) is 23.9 Å². The van der Waals surface area contributed by atoms with Gasteiger partial charge in [-0.3, -0.25) is 0 Å². The van der Waals surface area contributed by atoms with Crippen LogP contribution in [-0.2, 0) is 11.3 Å². The number of aliphatic imine (C=N–C) groups is 1. The van der Waals surface area contributed by atoms with Gasteiger partial charge in [0, 0.05) is 44.0 Å². The highest BCUT2D eigenvalue weighted by atomic mass is 16.5. The van der Waals surface area contributed by atoms with E-state index in [-0.39, 0.29) is 6.10 Å². The molecule has 3 aliphatic rings. The Labute approximate surface area is 181 Å². The number of aromatic nitrogens is 1. The lowest BCUT2D eigenvalue weighted by molar-refractivity contribution is 0.0526. The molecule has 2 bridgehead atoms. The van der Waals surface area contributed by atoms with Crippen LogP contribution in [0.5, 0.6) is 0 Å². The zero-order valence-electron chi connectivity index (χ0n) is 18.8. The minimum Gasteiger partial charge on any atom is -0.375 e. The highest BCUT2D eigenvalue weighted by Gasteiger charge is 2.36. The summed E-state index contributed by atoms with van der Waals surface area (Å²) in [6, 6.07) is 6.19. The molecule has 0 aromatic carbocycles. The Morgan fingerprint density at radius 1 is 1.30 bits per heavy atom. The predicted molar refractivity (Wildman–Crippen MR) is 122 cm³/mol. The van der Waals surface area contributed by atoms with Crippen LogP contribution >= 0.6 is 0 Å². The van der Waals surface area contributed by atoms with Gasteiger partial charge >= 0.3 is 0 Å². The van der Waals surface area contributed by atoms with E-state index in [9.17, 15) is 0 Å². The molecule has 0 aliphatic carbocycles. The summed E-state index contributed by atoms with van der Waals surface area (Å²) in [5, 5.41) is 7.17. The lowest BCUT2D eigenvalue weighted by Crippen LogP contribution is -2.56. The van der Waals surface area contributed by atoms with Gasteiger partial charge in [-0.05, 0) is 64.3 Å². The molecule has 7 nitrogen and oxygen atoms in total. The van der Waals surface area contributed by atoms with Crippen molar-refractivity contribution in [2.45, 2.75) is 76.7 Å². The van der Waals surface area contributed by atoms with Crippen LogP contribution in [-0.4, -0.2) is 73.4 Å². The first-order chi connectivity index (χ1) is 14.6. The maximum atomic E-state index is 5.66. The average Bonchev–Trinajstić information content (AvgIpc) is 2.73. The number of hydrogen-bond acceptors (Lipinski definition) is 5. The Morgan fingerprint density at radius 2 is 2.10 bits per heavy atom. The summed E-state index contributed by atoms with van der Waals surface area (Å²) in [5.74, 6) is 1.96. The first-order valence-electron chi connectivity index (χ1n) is 11.7. The molecule has 0 spiro atoms. The van der Waals surface area contributed by atoms with E-state index in [1.54, 1.807) is 0 Å². The smallest absolute Gasteiger partial charge is 0.191 e. The van der Waals surface area contributed by atoms with E-state index in [0.29, 0.717) is 12.6 Å². The van der Waals surface area contributed by atoms with E-state index in [1.807, 2.05) is 6.20 Å². The quantitative estimate of drug-likeness (QED) is 0.570. The second-order valence-corrected chi connectivity index (χ2v) is 9.06. The number of anilines is 1. The molecule has 3 aliphatic heterocycles. The number of morpholine rings is 1. The summed E-state index contributed by atoms with van der Waals surface area (Å²) in [7, 11) is 2.31. The molecular formula is C23H38N6O. The molecule has 1 aromatic heterocycles. The molecule has 2 N–H and O–H groups in total. The van der Waals surface area contributed by atoms with Crippen molar-refractivity contribution in [1.82, 2.24) is 20.5 Å². The van der Waals surface area contributed by atoms with Crippen molar-refractivity contribution in [2.75, 3.05) is 38.2 Å². The average molecular weight is 415 g/mol. The van der Waals surface area contributed by atoms with Crippen molar-refractivity contribution in [3.63, 3.8) is 0 Å². The lowest BCUT2D eigenvalue weighted by Gasteiger charge is -2.47. The Morgan fingerprint density at radius 3 is 2.83 bits per heavy atom. The number of guanidine groups is 1. The molecule has 0 radical (unpaired) electrons. The Bertz CT molecular complexity index is 711. The van der Waals surface area contributed by atoms with E-state index < -0.39 is 0 Å². The first-order valence-corrected chi connectivity index (χ1v) is 11.7. The summed E-state index contributed by atoms with van der Waals surface area (Å²) in [6.07, 6.45) is 8.63. The lowest BCUT2D eigenvalue weighted by atomic mass is 9.82. The van der Waals surface area contributed by atoms with Crippen LogP contribution in [0.25, 0.3) is 0 Å². The third-order valence-electron chi connectivity index (χ3n) is 6.82. The number of nitrogens with one attached hydrogen (secondary N) is 2. The molecule has 1 aromatic rings. The molecule has 0 amide bonds. The van der Waals surface area contributed by atoms with Crippen LogP contribution in [0.15, 0.2) is 23.3 Å². The monoisotopic (exact) mass is 414 g/mol. The maximum absolute atomic E-state index is 5.66. The molecule has 3 saturated heterocycles. The van der Waals surface area contributed by atoms with Gasteiger partial charge in [0.15, 0.2) is 5.96 Å². The summed E-state index contributed by atoms with van der Waals surface area (Å²) >= 11 is 0. The fourth-order valence-electron chi connectivity index (χ4n) is 5.18. The van der Waals surface area contributed by atoms with Gasteiger partial charge in [0.05, 0.1) is 19.3 Å². The van der Waals surface area contributed by atoms with Crippen LogP contribution in [0.3, 0.4) is 0 Å². The molecule has 3 unspecified atom stereocenters. The Balaban J connectivity index is 1.39. The molecule has 4 rings (SSSR count). The number of piperidine rings is 2. The predicted octanol–water partition coefficient (Wildman–Crippen LogP) is 2.38. The number of pyridine rings is 1. The highest BCUT2D eigenvalue weighted by molar-refractivity contribution is 5.80. The molecule has 0 saturated carbocycles. The van der Waals surface area contributed by atoms with Crippen molar-refractivity contribution >= 4 is 11.8 Å². The van der Waals surface area contributed by atoms with Gasteiger partial charge in [0.1, 0.15) is 5.82 Å². The molecule has 3 fully saturated rings. The van der Waals surface area contributed by atoms with Gasteiger partial charge in [0.25, 0.3) is 0 Å². The normalized spacial score (nSPS) is 30.2. The molecule has 4 heterocycles. The largest absolute Gasteiger partial charge is 0.375 e. The summed E-state index contributed by atoms with van der Waals surface area (Å²) in [5.41, 5.74) is 1.19. The van der Waals surface area contributed by atoms with Gasteiger partial charge in [-0.1, -0.05) is 6.42 Å². The zero-order valence-corrected chi connectivity index (χ0v) is 18.8. The topological polar surface area (TPSA) is 65.0 Å². The molecule has 166 valence electrons. The maximum Gasteiger partial charge on any atom is 0.191 e. The third kappa shape index (κ3) is 5.24. The van der Waals surface area contributed by atoms with Crippen molar-refractivity contribution in [2.24, 2.45) is 4.99 Å². The van der Waals surface area contributed by atoms with E-state index >= 15 is 0 Å². The van der Waals surface area contributed by atoms with Crippen molar-refractivity contribution < 1.29 is 4.74 Å². The van der Waals surface area contributed by atoms with Gasteiger partial charge < -0.3 is 25.2 Å². The van der Waals surface area contributed by atoms with E-state index in [1.165, 1.54) is 37.7 Å². The van der Waals surface area contributed by atoms with Crippen LogP contribution in [0.1, 0.15) is 51.5 Å². The van der Waals surface area contributed by atoms with Gasteiger partial charge in [0.2, 0.25) is 0 Å². The zero-order chi connectivity index (χ0) is 20.9. The van der Waals surface area contributed by atoms with E-state index in [2.05, 4.69) is 58.4 Å². The first kappa shape index (κ1) is 21.4. The van der Waals surface area contributed by atoms with Gasteiger partial charge in [-0.15, -0.1) is 0 Å². The minimum absolute atomic E-state index is 0.251. The van der Waals surface area contributed by atoms with Gasteiger partial charge in [-0.2, -0.15) is 0 Å². The Kier molecular flexibility index (Phi) is 7.10. The summed E-state index contributed by atoms with van der Waals surface area (Å²) in [6.45, 7) is 8.33. The number of rotatable bonds is 5. The Hall–Kier alpha value is -1.86. The molecule has 30 heavy (non-hydrogen) atoms. The second-order valence-electron chi connectivity index (χ2n) is 9.06. The van der Waals surface area contributed by atoms with Crippen LogP contribution in [0, 0.1) is 0 Å². The van der Waals surface area contributed by atoms with Crippen LogP contribution < -0.4 is 15.5 Å². The number of hydrogen-bond donors (Lipinski definition) is 2. The summed E-state index contributed by atoms with van der Waals surface area (Å²) in [4.78, 5) is 14.4. The third-order valence-corrected chi connectivity index (χ3v) is 6.82. The number of nitrogens with zero attached hydrogens (tertiary/aromatic N) is 4. The van der Waals surface area contributed by atoms with Crippen molar-refractivity contribution in [1.29, 1.82) is 0 Å². The minimum atomic E-state index is 0.251. The summed E-state index contributed by atoms with van der Waals surface area (Å²) < 4.78 is 5.66. The molecule has 7 heteroatoms. The number of fused-ring (bicyclic) bond motifs is 2. The van der Waals surface area contributed by atoms with Crippen LogP contribution in [0.4, 0.5) is 5.82 Å². The standard InChI is InChI=1S/C23H38N6O/c1-4-24-23(27-19-13-20-6-5-7-21(14-19)28(20)3)26-15-18-8-9-25-22(12-18)29-10-11-30-17(2)16-29/h8-9,12,17,19-21H,4-7,10-11,13-16H2,1-3H3,(H2,24,26,27). The fraction of sp³-hybridized carbons (Fsp3) is 0.739. The van der Waals surface area contributed by atoms with Crippen molar-refractivity contribution in [3.8, 4) is 0 Å². The van der Waals surface area contributed by atoms with E-state index in [0.717, 1.165) is 50.1 Å². The molecule has 3 atom stereocenters. The molecular weight excluding hydrogens is 376 g/mol. The number of ether oxygens (including phenoxy) is 1. The SMILES string of the molecule is CCNC(=NCc1ccnc(N2CCOC(C)C2)c1)NC1CC2CCCC(C1)N2C. The highest BCUT2D eigenvalue weighted by Crippen LogP contribution is 2.32. The van der Waals surface area contributed by atoms with Gasteiger partial charge in [-0.25, -0.2) is 9.98 Å². The van der Waals surface area contributed by atoms with E-state index in [4.69, 9.17) is 9.73 Å². The second kappa shape index (κ2) is 9.96.